The monoisotopic (exact) mass is 293 g/mol. The minimum absolute atomic E-state index is 0.108. The summed E-state index contributed by atoms with van der Waals surface area (Å²) in [6, 6.07) is 9.96. The molecular formula is C17H24ClNO. The average Bonchev–Trinajstić information content (AvgIpc) is 2.47. The van der Waals surface area contributed by atoms with Gasteiger partial charge in [0, 0.05) is 11.9 Å². The number of alkyl halides is 1. The third-order valence-corrected chi connectivity index (χ3v) is 4.83. The van der Waals surface area contributed by atoms with Crippen molar-refractivity contribution >= 4 is 17.5 Å². The zero-order valence-corrected chi connectivity index (χ0v) is 13.1. The Hall–Kier alpha value is -1.02. The number of amides is 1. The highest BCUT2D eigenvalue weighted by Crippen LogP contribution is 2.28. The minimum atomic E-state index is -0.481. The van der Waals surface area contributed by atoms with E-state index in [1.807, 2.05) is 44.2 Å². The molecule has 0 aromatic heterocycles. The van der Waals surface area contributed by atoms with Crippen LogP contribution < -0.4 is 5.32 Å². The molecule has 1 saturated carbocycles. The van der Waals surface area contributed by atoms with Crippen LogP contribution in [0.3, 0.4) is 0 Å². The lowest BCUT2D eigenvalue weighted by atomic mass is 9.83. The van der Waals surface area contributed by atoms with Gasteiger partial charge in [0.25, 0.3) is 0 Å². The van der Waals surface area contributed by atoms with Gasteiger partial charge in [0.1, 0.15) is 0 Å². The largest absolute Gasteiger partial charge is 0.355 e. The van der Waals surface area contributed by atoms with E-state index < -0.39 is 5.41 Å². The molecule has 1 aliphatic rings. The van der Waals surface area contributed by atoms with Gasteiger partial charge in [0.2, 0.25) is 5.91 Å². The molecule has 0 saturated heterocycles. The fraction of sp³-hybridized carbons (Fsp3) is 0.588. The molecule has 0 unspecified atom stereocenters. The molecule has 0 bridgehead atoms. The Morgan fingerprint density at radius 2 is 1.80 bits per heavy atom. The maximum absolute atomic E-state index is 12.4. The van der Waals surface area contributed by atoms with Gasteiger partial charge in [-0.2, -0.15) is 0 Å². The number of nitrogens with one attached hydrogen (secondary N) is 1. The van der Waals surface area contributed by atoms with E-state index in [1.54, 1.807) is 0 Å². The van der Waals surface area contributed by atoms with Crippen molar-refractivity contribution in [3.8, 4) is 0 Å². The zero-order chi connectivity index (χ0) is 14.6. The molecule has 1 fully saturated rings. The molecule has 0 aliphatic heterocycles. The van der Waals surface area contributed by atoms with E-state index in [-0.39, 0.29) is 5.91 Å². The van der Waals surface area contributed by atoms with Crippen LogP contribution in [0.1, 0.15) is 45.1 Å². The SMILES string of the molecule is CC(C)(C(=O)NCC1CCC(Cl)CC1)c1ccccc1. The summed E-state index contributed by atoms with van der Waals surface area (Å²) in [6.07, 6.45) is 4.40. The van der Waals surface area contributed by atoms with E-state index in [9.17, 15) is 4.79 Å². The van der Waals surface area contributed by atoms with Crippen molar-refractivity contribution in [3.05, 3.63) is 35.9 Å². The van der Waals surface area contributed by atoms with Crippen molar-refractivity contribution in [2.75, 3.05) is 6.54 Å². The molecule has 0 heterocycles. The number of hydrogen-bond acceptors (Lipinski definition) is 1. The molecule has 0 atom stereocenters. The quantitative estimate of drug-likeness (QED) is 0.839. The molecule has 1 aromatic carbocycles. The Balaban J connectivity index is 1.88. The molecule has 1 amide bonds. The minimum Gasteiger partial charge on any atom is -0.355 e. The molecule has 1 N–H and O–H groups in total. The molecule has 2 nitrogen and oxygen atoms in total. The Labute approximate surface area is 126 Å². The topological polar surface area (TPSA) is 29.1 Å². The van der Waals surface area contributed by atoms with Crippen LogP contribution in [-0.4, -0.2) is 17.8 Å². The Morgan fingerprint density at radius 1 is 1.20 bits per heavy atom. The number of benzene rings is 1. The van der Waals surface area contributed by atoms with Crippen molar-refractivity contribution in [1.82, 2.24) is 5.32 Å². The van der Waals surface area contributed by atoms with E-state index in [0.717, 1.165) is 37.8 Å². The summed E-state index contributed by atoms with van der Waals surface area (Å²) in [5, 5.41) is 3.46. The molecule has 1 aliphatic carbocycles. The van der Waals surface area contributed by atoms with Crippen LogP contribution in [0.25, 0.3) is 0 Å². The number of carbonyl (C=O) groups excluding carboxylic acids is 1. The first-order valence-electron chi connectivity index (χ1n) is 7.48. The van der Waals surface area contributed by atoms with E-state index in [1.165, 1.54) is 0 Å². The summed E-state index contributed by atoms with van der Waals surface area (Å²) in [4.78, 5) is 12.4. The normalized spacial score (nSPS) is 23.4. The van der Waals surface area contributed by atoms with Gasteiger partial charge in [-0.05, 0) is 51.0 Å². The lowest BCUT2D eigenvalue weighted by Crippen LogP contribution is -2.42. The first kappa shape index (κ1) is 15.4. The number of rotatable bonds is 4. The van der Waals surface area contributed by atoms with E-state index in [4.69, 9.17) is 11.6 Å². The number of halogens is 1. The third kappa shape index (κ3) is 3.76. The summed E-state index contributed by atoms with van der Waals surface area (Å²) in [7, 11) is 0. The van der Waals surface area contributed by atoms with Gasteiger partial charge in [-0.15, -0.1) is 11.6 Å². The van der Waals surface area contributed by atoms with Gasteiger partial charge in [-0.1, -0.05) is 30.3 Å². The van der Waals surface area contributed by atoms with Gasteiger partial charge < -0.3 is 5.32 Å². The second-order valence-electron chi connectivity index (χ2n) is 6.32. The maximum atomic E-state index is 12.4. The molecule has 0 radical (unpaired) electrons. The first-order chi connectivity index (χ1) is 9.50. The number of carbonyl (C=O) groups is 1. The first-order valence-corrected chi connectivity index (χ1v) is 7.91. The highest BCUT2D eigenvalue weighted by molar-refractivity contribution is 6.20. The van der Waals surface area contributed by atoms with Crippen LogP contribution in [0.4, 0.5) is 0 Å². The highest BCUT2D eigenvalue weighted by Gasteiger charge is 2.30. The van der Waals surface area contributed by atoms with Crippen molar-refractivity contribution in [1.29, 1.82) is 0 Å². The predicted octanol–water partition coefficient (Wildman–Crippen LogP) is 3.88. The lowest BCUT2D eigenvalue weighted by Gasteiger charge is -2.28. The van der Waals surface area contributed by atoms with Crippen molar-refractivity contribution in [2.24, 2.45) is 5.92 Å². The second-order valence-corrected chi connectivity index (χ2v) is 6.94. The lowest BCUT2D eigenvalue weighted by molar-refractivity contribution is -0.125. The van der Waals surface area contributed by atoms with Gasteiger partial charge in [0.15, 0.2) is 0 Å². The molecule has 3 heteroatoms. The van der Waals surface area contributed by atoms with E-state index >= 15 is 0 Å². The summed E-state index contributed by atoms with van der Waals surface area (Å²) in [6.45, 7) is 4.74. The molecular weight excluding hydrogens is 270 g/mol. The Kier molecular flexibility index (Phi) is 5.09. The highest BCUT2D eigenvalue weighted by atomic mass is 35.5. The summed E-state index contributed by atoms with van der Waals surface area (Å²) < 4.78 is 0. The van der Waals surface area contributed by atoms with E-state index in [2.05, 4.69) is 5.32 Å². The fourth-order valence-electron chi connectivity index (χ4n) is 2.77. The summed E-state index contributed by atoms with van der Waals surface area (Å²) in [5.74, 6) is 0.692. The van der Waals surface area contributed by atoms with Gasteiger partial charge in [-0.25, -0.2) is 0 Å². The maximum Gasteiger partial charge on any atom is 0.230 e. The van der Waals surface area contributed by atoms with Gasteiger partial charge in [0.05, 0.1) is 5.41 Å². The molecule has 1 aromatic rings. The zero-order valence-electron chi connectivity index (χ0n) is 12.4. The van der Waals surface area contributed by atoms with Crippen LogP contribution >= 0.6 is 11.6 Å². The smallest absolute Gasteiger partial charge is 0.230 e. The van der Waals surface area contributed by atoms with Crippen molar-refractivity contribution in [3.63, 3.8) is 0 Å². The molecule has 2 rings (SSSR count). The summed E-state index contributed by atoms with van der Waals surface area (Å²) >= 11 is 6.11. The molecule has 20 heavy (non-hydrogen) atoms. The Morgan fingerprint density at radius 3 is 2.40 bits per heavy atom. The summed E-state index contributed by atoms with van der Waals surface area (Å²) in [5.41, 5.74) is 0.576. The van der Waals surface area contributed by atoms with Crippen LogP contribution in [0, 0.1) is 5.92 Å². The van der Waals surface area contributed by atoms with Crippen LogP contribution in [0.5, 0.6) is 0 Å². The van der Waals surface area contributed by atoms with Gasteiger partial charge >= 0.3 is 0 Å². The van der Waals surface area contributed by atoms with Crippen LogP contribution in [0.2, 0.25) is 0 Å². The molecule has 0 spiro atoms. The van der Waals surface area contributed by atoms with Crippen molar-refractivity contribution in [2.45, 2.75) is 50.3 Å². The number of hydrogen-bond donors (Lipinski definition) is 1. The fourth-order valence-corrected chi connectivity index (χ4v) is 3.02. The van der Waals surface area contributed by atoms with E-state index in [0.29, 0.717) is 11.3 Å². The predicted molar refractivity (Wildman–Crippen MR) is 84.1 cm³/mol. The molecule has 110 valence electrons. The van der Waals surface area contributed by atoms with Gasteiger partial charge in [-0.3, -0.25) is 4.79 Å². The second kappa shape index (κ2) is 6.62. The standard InChI is InChI=1S/C17H24ClNO/c1-17(2,14-6-4-3-5-7-14)16(20)19-12-13-8-10-15(18)11-9-13/h3-7,13,15H,8-12H2,1-2H3,(H,19,20). The third-order valence-electron chi connectivity index (χ3n) is 4.39. The van der Waals surface area contributed by atoms with Crippen LogP contribution in [0.15, 0.2) is 30.3 Å². The Bertz CT molecular complexity index is 436. The average molecular weight is 294 g/mol. The van der Waals surface area contributed by atoms with Crippen LogP contribution in [-0.2, 0) is 10.2 Å². The van der Waals surface area contributed by atoms with Crippen molar-refractivity contribution < 1.29 is 4.79 Å².